The highest BCUT2D eigenvalue weighted by Crippen LogP contribution is 2.42. The van der Waals surface area contributed by atoms with Crippen LogP contribution in [0.3, 0.4) is 0 Å². The number of rotatable bonds is 3. The molecule has 22 heavy (non-hydrogen) atoms. The van der Waals surface area contributed by atoms with Crippen molar-refractivity contribution in [3.8, 4) is 0 Å². The van der Waals surface area contributed by atoms with E-state index in [2.05, 4.69) is 0 Å². The van der Waals surface area contributed by atoms with Crippen LogP contribution in [0.15, 0.2) is 18.2 Å². The second kappa shape index (κ2) is 5.69. The van der Waals surface area contributed by atoms with Crippen LogP contribution in [0.4, 0.5) is 22.7 Å². The van der Waals surface area contributed by atoms with Crippen molar-refractivity contribution in [2.45, 2.75) is 12.6 Å². The van der Waals surface area contributed by atoms with E-state index in [1.807, 2.05) is 0 Å². The Balaban J connectivity index is 2.39. The van der Waals surface area contributed by atoms with Gasteiger partial charge in [0.25, 0.3) is 0 Å². The molecule has 1 amide bonds. The van der Waals surface area contributed by atoms with Crippen LogP contribution >= 0.6 is 11.6 Å². The number of amides is 1. The van der Waals surface area contributed by atoms with Crippen molar-refractivity contribution in [2.75, 3.05) is 17.2 Å². The zero-order chi connectivity index (χ0) is 16.7. The van der Waals surface area contributed by atoms with Crippen molar-refractivity contribution in [3.05, 3.63) is 28.8 Å². The zero-order valence-electron chi connectivity index (χ0n) is 10.9. The number of carbonyl (C=O) groups is 1. The standard InChI is InChI=1S/C12H10ClF4NO3S/c13-9-3-1-2-8(12(14,15)16)11(9)18-5-7(4-10(18)19)6-22(17,20)21/h1-3,7H,4-6H2. The van der Waals surface area contributed by atoms with E-state index in [9.17, 15) is 30.3 Å². The van der Waals surface area contributed by atoms with Crippen molar-refractivity contribution in [1.29, 1.82) is 0 Å². The lowest BCUT2D eigenvalue weighted by atomic mass is 10.1. The molecular formula is C12H10ClF4NO3S. The number of halogens is 5. The lowest BCUT2D eigenvalue weighted by Gasteiger charge is -2.22. The van der Waals surface area contributed by atoms with E-state index < -0.39 is 45.2 Å². The number of nitrogens with zero attached hydrogens (tertiary/aromatic N) is 1. The summed E-state index contributed by atoms with van der Waals surface area (Å²) in [4.78, 5) is 12.6. The Morgan fingerprint density at radius 1 is 1.32 bits per heavy atom. The van der Waals surface area contributed by atoms with Crippen LogP contribution in [0.25, 0.3) is 0 Å². The number of hydrogen-bond donors (Lipinski definition) is 0. The summed E-state index contributed by atoms with van der Waals surface area (Å²) in [5, 5.41) is -0.285. The molecule has 1 heterocycles. The van der Waals surface area contributed by atoms with Gasteiger partial charge in [-0.2, -0.15) is 21.6 Å². The molecule has 0 radical (unpaired) electrons. The normalized spacial score (nSPS) is 19.8. The van der Waals surface area contributed by atoms with E-state index in [-0.39, 0.29) is 18.0 Å². The van der Waals surface area contributed by atoms with Crippen molar-refractivity contribution >= 4 is 33.4 Å². The molecule has 0 bridgehead atoms. The predicted octanol–water partition coefficient (Wildman–Crippen LogP) is 3.01. The van der Waals surface area contributed by atoms with Crippen LogP contribution in [0.2, 0.25) is 5.02 Å². The monoisotopic (exact) mass is 359 g/mol. The second-order valence-corrected chi connectivity index (χ2v) is 6.73. The molecule has 0 N–H and O–H groups in total. The smallest absolute Gasteiger partial charge is 0.310 e. The molecule has 10 heteroatoms. The van der Waals surface area contributed by atoms with E-state index in [1.165, 1.54) is 6.07 Å². The van der Waals surface area contributed by atoms with Gasteiger partial charge in [-0.25, -0.2) is 0 Å². The summed E-state index contributed by atoms with van der Waals surface area (Å²) in [6, 6.07) is 3.06. The van der Waals surface area contributed by atoms with Gasteiger partial charge in [0, 0.05) is 18.9 Å². The summed E-state index contributed by atoms with van der Waals surface area (Å²) in [5.74, 6) is -2.56. The van der Waals surface area contributed by atoms with E-state index >= 15 is 0 Å². The summed E-state index contributed by atoms with van der Waals surface area (Å²) in [6.45, 7) is -0.338. The molecule has 0 saturated carbocycles. The van der Waals surface area contributed by atoms with Crippen LogP contribution in [0, 0.1) is 5.92 Å². The Bertz CT molecular complexity index is 705. The largest absolute Gasteiger partial charge is 0.418 e. The van der Waals surface area contributed by atoms with Crippen molar-refractivity contribution in [3.63, 3.8) is 0 Å². The minimum absolute atomic E-state index is 0.285. The fourth-order valence-electron chi connectivity index (χ4n) is 2.41. The third-order valence-corrected chi connectivity index (χ3v) is 4.38. The maximum Gasteiger partial charge on any atom is 0.418 e. The zero-order valence-corrected chi connectivity index (χ0v) is 12.5. The van der Waals surface area contributed by atoms with Crippen LogP contribution in [0.1, 0.15) is 12.0 Å². The fourth-order valence-corrected chi connectivity index (χ4v) is 3.47. The Labute approximate surface area is 128 Å². The molecule has 1 saturated heterocycles. The highest BCUT2D eigenvalue weighted by Gasteiger charge is 2.41. The van der Waals surface area contributed by atoms with Crippen molar-refractivity contribution in [2.24, 2.45) is 5.92 Å². The average Bonchev–Trinajstić information content (AvgIpc) is 2.65. The molecule has 4 nitrogen and oxygen atoms in total. The molecule has 122 valence electrons. The summed E-state index contributed by atoms with van der Waals surface area (Å²) < 4.78 is 73.0. The van der Waals surface area contributed by atoms with Crippen LogP contribution in [-0.4, -0.2) is 26.6 Å². The number of benzene rings is 1. The van der Waals surface area contributed by atoms with Gasteiger partial charge in [-0.1, -0.05) is 17.7 Å². The first-order valence-corrected chi connectivity index (χ1v) is 8.00. The lowest BCUT2D eigenvalue weighted by molar-refractivity contribution is -0.137. The van der Waals surface area contributed by atoms with Gasteiger partial charge in [-0.3, -0.25) is 4.79 Å². The lowest BCUT2D eigenvalue weighted by Crippen LogP contribution is -2.28. The Hall–Kier alpha value is -1.35. The fraction of sp³-hybridized carbons (Fsp3) is 0.417. The quantitative estimate of drug-likeness (QED) is 0.616. The number of para-hydroxylation sites is 1. The molecule has 1 fully saturated rings. The molecule has 1 aromatic rings. The van der Waals surface area contributed by atoms with Crippen molar-refractivity contribution in [1.82, 2.24) is 0 Å². The molecule has 1 unspecified atom stereocenters. The van der Waals surface area contributed by atoms with Gasteiger partial charge in [0.15, 0.2) is 0 Å². The first kappa shape index (κ1) is 17.0. The number of carbonyl (C=O) groups excluding carboxylic acids is 1. The Kier molecular flexibility index (Phi) is 4.40. The summed E-state index contributed by atoms with van der Waals surface area (Å²) in [5.41, 5.74) is -1.63. The van der Waals surface area contributed by atoms with Gasteiger partial charge in [-0.15, -0.1) is 3.89 Å². The molecule has 1 aliphatic heterocycles. The summed E-state index contributed by atoms with van der Waals surface area (Å²) in [6.07, 6.45) is -5.09. The Morgan fingerprint density at radius 2 is 1.95 bits per heavy atom. The molecular weight excluding hydrogens is 350 g/mol. The van der Waals surface area contributed by atoms with Crippen molar-refractivity contribution < 1.29 is 30.3 Å². The predicted molar refractivity (Wildman–Crippen MR) is 71.8 cm³/mol. The highest BCUT2D eigenvalue weighted by molar-refractivity contribution is 7.86. The number of anilines is 1. The SMILES string of the molecule is O=C1CC(CS(=O)(=O)F)CN1c1c(Cl)cccc1C(F)(F)F. The van der Waals surface area contributed by atoms with Gasteiger partial charge < -0.3 is 4.90 Å². The molecule has 1 aliphatic rings. The third-order valence-electron chi connectivity index (χ3n) is 3.20. The molecule has 0 spiro atoms. The second-order valence-electron chi connectivity index (χ2n) is 4.91. The van der Waals surface area contributed by atoms with Crippen LogP contribution in [0.5, 0.6) is 0 Å². The maximum atomic E-state index is 13.0. The van der Waals surface area contributed by atoms with Gasteiger partial charge in [0.05, 0.1) is 22.0 Å². The van der Waals surface area contributed by atoms with E-state index in [0.717, 1.165) is 17.0 Å². The number of hydrogen-bond acceptors (Lipinski definition) is 3. The minimum atomic E-state index is -4.82. The molecule has 0 aromatic heterocycles. The topological polar surface area (TPSA) is 54.5 Å². The number of alkyl halides is 3. The molecule has 2 rings (SSSR count). The van der Waals surface area contributed by atoms with Crippen LogP contribution < -0.4 is 4.90 Å². The minimum Gasteiger partial charge on any atom is -0.310 e. The average molecular weight is 360 g/mol. The summed E-state index contributed by atoms with van der Waals surface area (Å²) in [7, 11) is -4.82. The van der Waals surface area contributed by atoms with Gasteiger partial charge in [0.1, 0.15) is 0 Å². The summed E-state index contributed by atoms with van der Waals surface area (Å²) >= 11 is 5.78. The van der Waals surface area contributed by atoms with Crippen LogP contribution in [-0.2, 0) is 21.2 Å². The molecule has 1 aromatic carbocycles. The highest BCUT2D eigenvalue weighted by atomic mass is 35.5. The van der Waals surface area contributed by atoms with E-state index in [1.54, 1.807) is 0 Å². The Morgan fingerprint density at radius 3 is 2.50 bits per heavy atom. The maximum absolute atomic E-state index is 13.0. The molecule has 0 aliphatic carbocycles. The van der Waals surface area contributed by atoms with E-state index in [4.69, 9.17) is 11.6 Å². The van der Waals surface area contributed by atoms with E-state index in [0.29, 0.717) is 0 Å². The third kappa shape index (κ3) is 3.70. The van der Waals surface area contributed by atoms with Gasteiger partial charge in [-0.05, 0) is 12.1 Å². The first-order valence-electron chi connectivity index (χ1n) is 6.07. The van der Waals surface area contributed by atoms with Gasteiger partial charge in [0.2, 0.25) is 5.91 Å². The first-order chi connectivity index (χ1) is 9.99. The molecule has 1 atom stereocenters. The van der Waals surface area contributed by atoms with Gasteiger partial charge >= 0.3 is 16.4 Å².